The van der Waals surface area contributed by atoms with Gasteiger partial charge in [0.15, 0.2) is 0 Å². The van der Waals surface area contributed by atoms with Crippen LogP contribution in [0.15, 0.2) is 35.6 Å². The zero-order valence-electron chi connectivity index (χ0n) is 20.5. The number of carbonyl (C=O) groups excluding carboxylic acids is 2. The lowest BCUT2D eigenvalue weighted by molar-refractivity contribution is -0.896. The second kappa shape index (κ2) is 10.6. The Morgan fingerprint density at radius 3 is 2.33 bits per heavy atom. The predicted octanol–water partition coefficient (Wildman–Crippen LogP) is 2.58. The Balaban J connectivity index is 1.99. The van der Waals surface area contributed by atoms with Crippen LogP contribution in [0.25, 0.3) is 0 Å². The first-order valence-electron chi connectivity index (χ1n) is 11.8. The smallest absolute Gasteiger partial charge is 0.239 e. The van der Waals surface area contributed by atoms with Crippen LogP contribution in [0.1, 0.15) is 77.6 Å². The summed E-state index contributed by atoms with van der Waals surface area (Å²) in [6.45, 7) is 15.5. The van der Waals surface area contributed by atoms with Crippen molar-refractivity contribution < 1.29 is 19.6 Å². The minimum Gasteiger partial charge on any atom is -0.868 e. The topological polar surface area (TPSA) is 77.8 Å². The van der Waals surface area contributed by atoms with Gasteiger partial charge in [-0.1, -0.05) is 38.1 Å². The number of nitrogens with zero attached hydrogens (tertiary/aromatic N) is 2. The molecule has 3 rings (SSSR count). The van der Waals surface area contributed by atoms with Crippen LogP contribution in [0.5, 0.6) is 0 Å². The van der Waals surface area contributed by atoms with E-state index in [9.17, 15) is 14.7 Å². The number of Topliss-reactive ketones (excluding diaryl/α,β-unsaturated/α-hetero) is 1. The second-order valence-electron chi connectivity index (χ2n) is 9.00. The largest absolute Gasteiger partial charge is 0.868 e. The summed E-state index contributed by atoms with van der Waals surface area (Å²) < 4.78 is 0. The molecule has 0 radical (unpaired) electrons. The van der Waals surface area contributed by atoms with Crippen molar-refractivity contribution in [1.82, 2.24) is 9.88 Å². The maximum atomic E-state index is 13.5. The molecular weight excluding hydrogens is 434 g/mol. The van der Waals surface area contributed by atoms with Gasteiger partial charge in [-0.25, -0.2) is 4.98 Å². The number of ketones is 1. The van der Waals surface area contributed by atoms with E-state index in [1.54, 1.807) is 11.8 Å². The molecule has 1 aliphatic heterocycles. The van der Waals surface area contributed by atoms with Gasteiger partial charge >= 0.3 is 0 Å². The van der Waals surface area contributed by atoms with Gasteiger partial charge in [0, 0.05) is 18.5 Å². The van der Waals surface area contributed by atoms with E-state index in [4.69, 9.17) is 0 Å². The van der Waals surface area contributed by atoms with Crippen molar-refractivity contribution in [3.63, 3.8) is 0 Å². The second-order valence-corrected chi connectivity index (χ2v) is 10.2. The molecule has 0 saturated heterocycles. The number of aromatic nitrogens is 1. The monoisotopic (exact) mass is 469 g/mol. The minimum absolute atomic E-state index is 0.0548. The summed E-state index contributed by atoms with van der Waals surface area (Å²) in [5.74, 6) is -1.26. The molecule has 6 nitrogen and oxygen atoms in total. The van der Waals surface area contributed by atoms with Gasteiger partial charge in [-0.05, 0) is 50.5 Å². The molecule has 7 heteroatoms. The van der Waals surface area contributed by atoms with Crippen LogP contribution in [0.3, 0.4) is 0 Å². The number of quaternary nitrogens is 1. The standard InChI is InChI=1S/C26H35N3O3S/c1-7-28(8-2)14-9-15-29-22(20-12-10-19(11-13-20)16(3)4)21(24(31)26(29)32)23(30)25-17(5)27-18(6)33-25/h10-13,16,22,31H,7-9,14-15H2,1-6H3. The average Bonchev–Trinajstić information content (AvgIpc) is 3.26. The Labute approximate surface area is 200 Å². The van der Waals surface area contributed by atoms with Gasteiger partial charge in [0.25, 0.3) is 0 Å². The Morgan fingerprint density at radius 2 is 1.82 bits per heavy atom. The fraction of sp³-hybridized carbons (Fsp3) is 0.500. The quantitative estimate of drug-likeness (QED) is 0.543. The third-order valence-corrected chi connectivity index (χ3v) is 7.56. The van der Waals surface area contributed by atoms with Gasteiger partial charge in [-0.3, -0.25) is 9.59 Å². The molecule has 0 bridgehead atoms. The van der Waals surface area contributed by atoms with Gasteiger partial charge in [0.05, 0.1) is 41.3 Å². The number of aryl methyl sites for hydroxylation is 2. The summed E-state index contributed by atoms with van der Waals surface area (Å²) in [5.41, 5.74) is 2.64. The van der Waals surface area contributed by atoms with Gasteiger partial charge in [-0.15, -0.1) is 11.3 Å². The summed E-state index contributed by atoms with van der Waals surface area (Å²) in [4.78, 5) is 34.5. The van der Waals surface area contributed by atoms with E-state index in [0.29, 0.717) is 23.0 Å². The van der Waals surface area contributed by atoms with E-state index in [2.05, 4.69) is 32.7 Å². The SMILES string of the molecule is CC[NH+](CC)CCCN1C(=O)C([O-])=C(C(=O)c2sc(C)nc2C)C1c1ccc(C(C)C)cc1. The molecule has 1 aromatic carbocycles. The van der Waals surface area contributed by atoms with Gasteiger partial charge < -0.3 is 14.9 Å². The van der Waals surface area contributed by atoms with E-state index in [-0.39, 0.29) is 11.4 Å². The van der Waals surface area contributed by atoms with Crippen molar-refractivity contribution in [3.8, 4) is 0 Å². The average molecular weight is 470 g/mol. The molecule has 178 valence electrons. The van der Waals surface area contributed by atoms with Gasteiger partial charge in [0.2, 0.25) is 11.7 Å². The summed E-state index contributed by atoms with van der Waals surface area (Å²) >= 11 is 1.28. The first-order valence-corrected chi connectivity index (χ1v) is 12.6. The lowest BCUT2D eigenvalue weighted by atomic mass is 9.93. The fourth-order valence-electron chi connectivity index (χ4n) is 4.48. The lowest BCUT2D eigenvalue weighted by Crippen LogP contribution is -3.11. The van der Waals surface area contributed by atoms with Crippen molar-refractivity contribution in [2.24, 2.45) is 0 Å². The molecule has 1 atom stereocenters. The Hall–Kier alpha value is -2.51. The maximum Gasteiger partial charge on any atom is 0.239 e. The van der Waals surface area contributed by atoms with Crippen molar-refractivity contribution in [1.29, 1.82) is 0 Å². The van der Waals surface area contributed by atoms with Crippen LogP contribution in [-0.4, -0.2) is 47.8 Å². The number of rotatable bonds is 10. The molecular formula is C26H35N3O3S. The normalized spacial score (nSPS) is 16.5. The van der Waals surface area contributed by atoms with Crippen LogP contribution in [-0.2, 0) is 4.79 Å². The molecule has 2 aromatic rings. The highest BCUT2D eigenvalue weighted by molar-refractivity contribution is 7.14. The first kappa shape index (κ1) is 25.1. The zero-order chi connectivity index (χ0) is 24.3. The first-order chi connectivity index (χ1) is 15.7. The summed E-state index contributed by atoms with van der Waals surface area (Å²) in [7, 11) is 0. The van der Waals surface area contributed by atoms with Gasteiger partial charge in [-0.2, -0.15) is 0 Å². The molecule has 0 spiro atoms. The van der Waals surface area contributed by atoms with E-state index < -0.39 is 17.7 Å². The van der Waals surface area contributed by atoms with E-state index in [1.165, 1.54) is 21.8 Å². The van der Waals surface area contributed by atoms with Gasteiger partial charge in [0.1, 0.15) is 0 Å². The molecule has 33 heavy (non-hydrogen) atoms. The van der Waals surface area contributed by atoms with Crippen LogP contribution in [0.2, 0.25) is 0 Å². The number of thiazole rings is 1. The molecule has 1 amide bonds. The van der Waals surface area contributed by atoms with Crippen molar-refractivity contribution in [2.75, 3.05) is 26.2 Å². The van der Waals surface area contributed by atoms with Crippen molar-refractivity contribution >= 4 is 23.0 Å². The molecule has 0 aliphatic carbocycles. The van der Waals surface area contributed by atoms with E-state index in [1.807, 2.05) is 31.2 Å². The molecule has 1 unspecified atom stereocenters. The summed E-state index contributed by atoms with van der Waals surface area (Å²) in [6, 6.07) is 7.29. The number of hydrogen-bond acceptors (Lipinski definition) is 5. The zero-order valence-corrected chi connectivity index (χ0v) is 21.3. The predicted molar refractivity (Wildman–Crippen MR) is 129 cm³/mol. The highest BCUT2D eigenvalue weighted by Crippen LogP contribution is 2.39. The summed E-state index contributed by atoms with van der Waals surface area (Å²) in [6.07, 6.45) is 0.775. The number of hydrogen-bond donors (Lipinski definition) is 1. The number of benzene rings is 1. The number of carbonyl (C=O) groups is 2. The maximum absolute atomic E-state index is 13.5. The summed E-state index contributed by atoms with van der Waals surface area (Å²) in [5, 5.41) is 13.9. The van der Waals surface area contributed by atoms with Crippen molar-refractivity contribution in [3.05, 3.63) is 62.3 Å². The van der Waals surface area contributed by atoms with Crippen LogP contribution < -0.4 is 10.0 Å². The van der Waals surface area contributed by atoms with Crippen LogP contribution in [0.4, 0.5) is 0 Å². The third-order valence-electron chi connectivity index (χ3n) is 6.49. The van der Waals surface area contributed by atoms with Crippen LogP contribution in [0, 0.1) is 13.8 Å². The van der Waals surface area contributed by atoms with E-state index in [0.717, 1.165) is 36.6 Å². The molecule has 1 N–H and O–H groups in total. The fourth-order valence-corrected chi connectivity index (χ4v) is 5.35. The highest BCUT2D eigenvalue weighted by atomic mass is 32.1. The minimum atomic E-state index is -0.682. The van der Waals surface area contributed by atoms with Crippen molar-refractivity contribution in [2.45, 2.75) is 59.9 Å². The molecule has 1 aromatic heterocycles. The Bertz CT molecular complexity index is 1040. The number of amides is 1. The van der Waals surface area contributed by atoms with E-state index >= 15 is 0 Å². The molecule has 2 heterocycles. The lowest BCUT2D eigenvalue weighted by Gasteiger charge is -2.28. The Morgan fingerprint density at radius 1 is 1.18 bits per heavy atom. The third kappa shape index (κ3) is 5.20. The highest BCUT2D eigenvalue weighted by Gasteiger charge is 2.40. The Kier molecular flexibility index (Phi) is 8.08. The number of nitrogens with one attached hydrogen (secondary N) is 1. The molecule has 0 saturated carbocycles. The van der Waals surface area contributed by atoms with Crippen LogP contribution >= 0.6 is 11.3 Å². The molecule has 0 fully saturated rings. The molecule has 1 aliphatic rings.